The SMILES string of the molecule is N#CCN(c1ccccc1)c1ccccc1C(=O)[O-]. The van der Waals surface area contributed by atoms with Gasteiger partial charge in [-0.25, -0.2) is 0 Å². The molecule has 2 aromatic carbocycles. The standard InChI is InChI=1S/C15H12N2O2/c16-10-11-17(12-6-2-1-3-7-12)14-9-5-4-8-13(14)15(18)19/h1-9H,11H2,(H,18,19)/p-1. The summed E-state index contributed by atoms with van der Waals surface area (Å²) >= 11 is 0. The molecule has 4 nitrogen and oxygen atoms in total. The summed E-state index contributed by atoms with van der Waals surface area (Å²) in [5.41, 5.74) is 1.29. The quantitative estimate of drug-likeness (QED) is 0.776. The predicted octanol–water partition coefficient (Wildman–Crippen LogP) is 1.71. The van der Waals surface area contributed by atoms with Crippen LogP contribution in [0.25, 0.3) is 0 Å². The summed E-state index contributed by atoms with van der Waals surface area (Å²) in [5.74, 6) is -1.26. The monoisotopic (exact) mass is 251 g/mol. The van der Waals surface area contributed by atoms with Crippen molar-refractivity contribution < 1.29 is 9.90 Å². The molecule has 0 amide bonds. The number of aromatic carboxylic acids is 1. The molecule has 0 aliphatic rings. The van der Waals surface area contributed by atoms with E-state index < -0.39 is 5.97 Å². The van der Waals surface area contributed by atoms with Crippen molar-refractivity contribution in [2.75, 3.05) is 11.4 Å². The van der Waals surface area contributed by atoms with E-state index in [9.17, 15) is 9.90 Å². The van der Waals surface area contributed by atoms with Crippen LogP contribution in [0.5, 0.6) is 0 Å². The lowest BCUT2D eigenvalue weighted by molar-refractivity contribution is -0.254. The third kappa shape index (κ3) is 2.72. The highest BCUT2D eigenvalue weighted by molar-refractivity contribution is 5.94. The summed E-state index contributed by atoms with van der Waals surface area (Å²) in [6.07, 6.45) is 0. The van der Waals surface area contributed by atoms with Crippen molar-refractivity contribution in [3.63, 3.8) is 0 Å². The van der Waals surface area contributed by atoms with Gasteiger partial charge < -0.3 is 14.8 Å². The van der Waals surface area contributed by atoms with E-state index in [-0.39, 0.29) is 12.1 Å². The van der Waals surface area contributed by atoms with Gasteiger partial charge in [0.25, 0.3) is 0 Å². The lowest BCUT2D eigenvalue weighted by Crippen LogP contribution is -2.27. The minimum absolute atomic E-state index is 0.0638. The summed E-state index contributed by atoms with van der Waals surface area (Å²) in [5, 5.41) is 20.1. The van der Waals surface area contributed by atoms with Crippen LogP contribution >= 0.6 is 0 Å². The van der Waals surface area contributed by atoms with Crippen molar-refractivity contribution in [1.29, 1.82) is 5.26 Å². The van der Waals surface area contributed by atoms with E-state index in [1.54, 1.807) is 23.1 Å². The summed E-state index contributed by atoms with van der Waals surface area (Å²) in [7, 11) is 0. The van der Waals surface area contributed by atoms with Gasteiger partial charge >= 0.3 is 0 Å². The Morgan fingerprint density at radius 2 is 1.74 bits per heavy atom. The molecule has 0 N–H and O–H groups in total. The number of hydrogen-bond acceptors (Lipinski definition) is 4. The normalized spacial score (nSPS) is 9.63. The Hall–Kier alpha value is -2.80. The molecule has 0 heterocycles. The molecule has 0 radical (unpaired) electrons. The Morgan fingerprint density at radius 1 is 1.11 bits per heavy atom. The van der Waals surface area contributed by atoms with E-state index in [0.717, 1.165) is 5.69 Å². The number of carbonyl (C=O) groups excluding carboxylic acids is 1. The zero-order valence-electron chi connectivity index (χ0n) is 10.1. The molecule has 2 aromatic rings. The summed E-state index contributed by atoms with van der Waals surface area (Å²) in [6.45, 7) is 0.0638. The van der Waals surface area contributed by atoms with Crippen molar-refractivity contribution in [2.45, 2.75) is 0 Å². The van der Waals surface area contributed by atoms with E-state index in [1.165, 1.54) is 6.07 Å². The molecule has 0 aliphatic heterocycles. The van der Waals surface area contributed by atoms with Gasteiger partial charge in [0.2, 0.25) is 0 Å². The first-order valence-corrected chi connectivity index (χ1v) is 5.74. The Balaban J connectivity index is 2.52. The van der Waals surface area contributed by atoms with E-state index in [1.807, 2.05) is 36.4 Å². The molecule has 19 heavy (non-hydrogen) atoms. The van der Waals surface area contributed by atoms with Crippen molar-refractivity contribution in [2.24, 2.45) is 0 Å². The zero-order chi connectivity index (χ0) is 13.7. The van der Waals surface area contributed by atoms with Gasteiger partial charge in [-0.15, -0.1) is 0 Å². The average Bonchev–Trinajstić information content (AvgIpc) is 2.45. The molecule has 0 saturated heterocycles. The van der Waals surface area contributed by atoms with Crippen LogP contribution in [0.2, 0.25) is 0 Å². The maximum atomic E-state index is 11.1. The maximum absolute atomic E-state index is 11.1. The molecule has 0 saturated carbocycles. The molecule has 0 spiro atoms. The summed E-state index contributed by atoms with van der Waals surface area (Å²) < 4.78 is 0. The van der Waals surface area contributed by atoms with E-state index in [0.29, 0.717) is 5.69 Å². The molecular formula is C15H11N2O2-. The number of benzene rings is 2. The molecule has 0 fully saturated rings. The van der Waals surface area contributed by atoms with Gasteiger partial charge in [0, 0.05) is 11.3 Å². The van der Waals surface area contributed by atoms with Crippen LogP contribution in [-0.4, -0.2) is 12.5 Å². The smallest absolute Gasteiger partial charge is 0.110 e. The minimum Gasteiger partial charge on any atom is -0.545 e. The Kier molecular flexibility index (Phi) is 3.79. The fourth-order valence-corrected chi connectivity index (χ4v) is 1.88. The van der Waals surface area contributed by atoms with Crippen LogP contribution in [0.15, 0.2) is 54.6 Å². The van der Waals surface area contributed by atoms with Gasteiger partial charge in [-0.1, -0.05) is 36.4 Å². The average molecular weight is 251 g/mol. The minimum atomic E-state index is -1.26. The first kappa shape index (κ1) is 12.7. The van der Waals surface area contributed by atoms with Crippen molar-refractivity contribution >= 4 is 17.3 Å². The fraction of sp³-hybridized carbons (Fsp3) is 0.0667. The van der Waals surface area contributed by atoms with Crippen LogP contribution in [0.3, 0.4) is 0 Å². The molecule has 94 valence electrons. The molecule has 0 aromatic heterocycles. The number of carbonyl (C=O) groups is 1. The number of para-hydroxylation sites is 2. The third-order valence-corrected chi connectivity index (χ3v) is 2.71. The van der Waals surface area contributed by atoms with Gasteiger partial charge in [0.15, 0.2) is 0 Å². The van der Waals surface area contributed by atoms with Crippen LogP contribution in [0, 0.1) is 11.3 Å². The van der Waals surface area contributed by atoms with Crippen molar-refractivity contribution in [1.82, 2.24) is 0 Å². The highest BCUT2D eigenvalue weighted by atomic mass is 16.4. The molecule has 0 unspecified atom stereocenters. The summed E-state index contributed by atoms with van der Waals surface area (Å²) in [4.78, 5) is 12.8. The summed E-state index contributed by atoms with van der Waals surface area (Å²) in [6, 6.07) is 17.7. The van der Waals surface area contributed by atoms with E-state index in [2.05, 4.69) is 0 Å². The fourth-order valence-electron chi connectivity index (χ4n) is 1.88. The molecule has 0 bridgehead atoms. The number of carboxylic acids is 1. The van der Waals surface area contributed by atoms with Crippen LogP contribution < -0.4 is 10.0 Å². The number of hydrogen-bond donors (Lipinski definition) is 0. The van der Waals surface area contributed by atoms with Gasteiger partial charge in [0.05, 0.1) is 17.7 Å². The molecule has 4 heteroatoms. The van der Waals surface area contributed by atoms with Gasteiger partial charge in [-0.05, 0) is 18.2 Å². The van der Waals surface area contributed by atoms with Crippen LogP contribution in [0.1, 0.15) is 10.4 Å². The van der Waals surface area contributed by atoms with Gasteiger partial charge in [0.1, 0.15) is 6.54 Å². The Labute approximate surface area is 111 Å². The number of rotatable bonds is 4. The van der Waals surface area contributed by atoms with Gasteiger partial charge in [-0.3, -0.25) is 0 Å². The predicted molar refractivity (Wildman–Crippen MR) is 69.8 cm³/mol. The Morgan fingerprint density at radius 3 is 2.37 bits per heavy atom. The second-order valence-corrected chi connectivity index (χ2v) is 3.88. The number of carboxylic acid groups (broad SMARTS) is 1. The lowest BCUT2D eigenvalue weighted by atomic mass is 10.1. The van der Waals surface area contributed by atoms with Crippen molar-refractivity contribution in [3.8, 4) is 6.07 Å². The highest BCUT2D eigenvalue weighted by Crippen LogP contribution is 2.27. The number of nitrogens with zero attached hydrogens (tertiary/aromatic N) is 2. The van der Waals surface area contributed by atoms with Gasteiger partial charge in [-0.2, -0.15) is 5.26 Å². The molecular weight excluding hydrogens is 240 g/mol. The number of nitriles is 1. The topological polar surface area (TPSA) is 67.2 Å². The zero-order valence-corrected chi connectivity index (χ0v) is 10.1. The van der Waals surface area contributed by atoms with E-state index >= 15 is 0 Å². The Bertz CT molecular complexity index is 618. The highest BCUT2D eigenvalue weighted by Gasteiger charge is 2.12. The molecule has 0 atom stereocenters. The first-order valence-electron chi connectivity index (χ1n) is 5.74. The lowest BCUT2D eigenvalue weighted by Gasteiger charge is -2.24. The third-order valence-electron chi connectivity index (χ3n) is 2.71. The van der Waals surface area contributed by atoms with Crippen LogP contribution in [-0.2, 0) is 0 Å². The largest absolute Gasteiger partial charge is 0.545 e. The molecule has 0 aliphatic carbocycles. The second kappa shape index (κ2) is 5.69. The molecule has 2 rings (SSSR count). The van der Waals surface area contributed by atoms with Crippen LogP contribution in [0.4, 0.5) is 11.4 Å². The second-order valence-electron chi connectivity index (χ2n) is 3.88. The maximum Gasteiger partial charge on any atom is 0.110 e. The first-order chi connectivity index (χ1) is 9.24. The number of anilines is 2. The van der Waals surface area contributed by atoms with Crippen molar-refractivity contribution in [3.05, 3.63) is 60.2 Å². The van der Waals surface area contributed by atoms with E-state index in [4.69, 9.17) is 5.26 Å².